The molecule has 0 radical (unpaired) electrons. The Kier molecular flexibility index (Phi) is 2.86. The SMILES string of the molecule is Cc1ccnc(Sc2ncn[nH]2)c1C(=O)O. The van der Waals surface area contributed by atoms with Gasteiger partial charge in [-0.2, -0.15) is 5.10 Å². The lowest BCUT2D eigenvalue weighted by Gasteiger charge is -2.04. The first-order chi connectivity index (χ1) is 7.68. The van der Waals surface area contributed by atoms with E-state index in [9.17, 15) is 4.79 Å². The van der Waals surface area contributed by atoms with E-state index >= 15 is 0 Å². The molecule has 82 valence electrons. The average molecular weight is 236 g/mol. The van der Waals surface area contributed by atoms with Crippen molar-refractivity contribution in [3.63, 3.8) is 0 Å². The molecule has 0 saturated heterocycles. The molecule has 2 rings (SSSR count). The Hall–Kier alpha value is -1.89. The number of aromatic amines is 1. The minimum atomic E-state index is -0.993. The Morgan fingerprint density at radius 1 is 1.50 bits per heavy atom. The van der Waals surface area contributed by atoms with Crippen LogP contribution in [-0.2, 0) is 0 Å². The number of hydrogen-bond donors (Lipinski definition) is 2. The monoisotopic (exact) mass is 236 g/mol. The van der Waals surface area contributed by atoms with E-state index in [4.69, 9.17) is 5.11 Å². The number of carboxylic acid groups (broad SMARTS) is 1. The fraction of sp³-hybridized carbons (Fsp3) is 0.111. The van der Waals surface area contributed by atoms with Crippen molar-refractivity contribution < 1.29 is 9.90 Å². The highest BCUT2D eigenvalue weighted by molar-refractivity contribution is 7.99. The summed E-state index contributed by atoms with van der Waals surface area (Å²) < 4.78 is 0. The third kappa shape index (κ3) is 2.03. The molecule has 2 aromatic heterocycles. The minimum absolute atomic E-state index is 0.198. The molecular formula is C9H8N4O2S. The van der Waals surface area contributed by atoms with Crippen molar-refractivity contribution in [1.82, 2.24) is 20.2 Å². The molecular weight excluding hydrogens is 228 g/mol. The summed E-state index contributed by atoms with van der Waals surface area (Å²) in [5.41, 5.74) is 0.869. The van der Waals surface area contributed by atoms with Crippen LogP contribution in [-0.4, -0.2) is 31.2 Å². The second-order valence-electron chi connectivity index (χ2n) is 3.01. The lowest BCUT2D eigenvalue weighted by molar-refractivity contribution is 0.0691. The topological polar surface area (TPSA) is 91.8 Å². The number of aryl methyl sites for hydroxylation is 1. The van der Waals surface area contributed by atoms with Crippen molar-refractivity contribution >= 4 is 17.7 Å². The van der Waals surface area contributed by atoms with E-state index in [1.807, 2.05) is 0 Å². The summed E-state index contributed by atoms with van der Waals surface area (Å²) >= 11 is 1.14. The zero-order chi connectivity index (χ0) is 11.5. The first-order valence-electron chi connectivity index (χ1n) is 4.40. The highest BCUT2D eigenvalue weighted by atomic mass is 32.2. The number of nitrogens with zero attached hydrogens (tertiary/aromatic N) is 3. The molecule has 0 atom stereocenters. The van der Waals surface area contributed by atoms with Crippen LogP contribution in [0, 0.1) is 6.92 Å². The molecule has 2 heterocycles. The van der Waals surface area contributed by atoms with Crippen molar-refractivity contribution in [2.75, 3.05) is 0 Å². The molecule has 0 fully saturated rings. The lowest BCUT2D eigenvalue weighted by Crippen LogP contribution is -2.03. The van der Waals surface area contributed by atoms with Crippen LogP contribution in [0.5, 0.6) is 0 Å². The number of nitrogens with one attached hydrogen (secondary N) is 1. The Morgan fingerprint density at radius 3 is 2.94 bits per heavy atom. The predicted molar refractivity (Wildman–Crippen MR) is 56.4 cm³/mol. The quantitative estimate of drug-likeness (QED) is 0.835. The summed E-state index contributed by atoms with van der Waals surface area (Å²) in [6, 6.07) is 1.66. The maximum absolute atomic E-state index is 11.1. The first-order valence-corrected chi connectivity index (χ1v) is 5.22. The molecule has 0 aliphatic rings. The van der Waals surface area contributed by atoms with Crippen LogP contribution in [0.1, 0.15) is 15.9 Å². The fourth-order valence-corrected chi connectivity index (χ4v) is 2.05. The second-order valence-corrected chi connectivity index (χ2v) is 3.98. The van der Waals surface area contributed by atoms with Crippen molar-refractivity contribution in [2.24, 2.45) is 0 Å². The van der Waals surface area contributed by atoms with Gasteiger partial charge in [0.25, 0.3) is 0 Å². The van der Waals surface area contributed by atoms with Gasteiger partial charge in [-0.15, -0.1) is 0 Å². The number of hydrogen-bond acceptors (Lipinski definition) is 5. The highest BCUT2D eigenvalue weighted by Crippen LogP contribution is 2.27. The van der Waals surface area contributed by atoms with Gasteiger partial charge in [-0.05, 0) is 30.3 Å². The molecule has 16 heavy (non-hydrogen) atoms. The molecule has 0 saturated carbocycles. The summed E-state index contributed by atoms with van der Waals surface area (Å²) in [6.45, 7) is 1.73. The molecule has 0 spiro atoms. The van der Waals surface area contributed by atoms with Gasteiger partial charge in [-0.25, -0.2) is 14.8 Å². The molecule has 0 aliphatic heterocycles. The van der Waals surface area contributed by atoms with Crippen LogP contribution >= 0.6 is 11.8 Å². The zero-order valence-electron chi connectivity index (χ0n) is 8.34. The van der Waals surface area contributed by atoms with E-state index in [-0.39, 0.29) is 5.56 Å². The van der Waals surface area contributed by atoms with Gasteiger partial charge in [0.15, 0.2) is 5.16 Å². The first kappa shape index (κ1) is 10.6. The Balaban J connectivity index is 2.40. The van der Waals surface area contributed by atoms with Crippen molar-refractivity contribution in [2.45, 2.75) is 17.1 Å². The molecule has 0 amide bonds. The number of aromatic nitrogens is 4. The van der Waals surface area contributed by atoms with E-state index in [1.165, 1.54) is 6.33 Å². The molecule has 6 nitrogen and oxygen atoms in total. The number of carboxylic acids is 1. The predicted octanol–water partition coefficient (Wildman–Crippen LogP) is 1.36. The van der Waals surface area contributed by atoms with Crippen LogP contribution < -0.4 is 0 Å². The molecule has 0 bridgehead atoms. The Bertz CT molecular complexity index is 512. The van der Waals surface area contributed by atoms with Crippen LogP contribution in [0.15, 0.2) is 28.8 Å². The number of aromatic carboxylic acids is 1. The summed E-state index contributed by atoms with van der Waals surface area (Å²) in [4.78, 5) is 19.0. The summed E-state index contributed by atoms with van der Waals surface area (Å²) in [5.74, 6) is -0.993. The van der Waals surface area contributed by atoms with Crippen molar-refractivity contribution in [3.05, 3.63) is 29.7 Å². The molecule has 0 aromatic carbocycles. The molecule has 2 N–H and O–H groups in total. The largest absolute Gasteiger partial charge is 0.478 e. The van der Waals surface area contributed by atoms with E-state index in [2.05, 4.69) is 20.2 Å². The number of rotatable bonds is 3. The van der Waals surface area contributed by atoms with E-state index < -0.39 is 5.97 Å². The average Bonchev–Trinajstić information content (AvgIpc) is 2.70. The highest BCUT2D eigenvalue weighted by Gasteiger charge is 2.16. The Labute approximate surface area is 95.1 Å². The van der Waals surface area contributed by atoms with Crippen molar-refractivity contribution in [1.29, 1.82) is 0 Å². The van der Waals surface area contributed by atoms with Crippen molar-refractivity contribution in [3.8, 4) is 0 Å². The lowest BCUT2D eigenvalue weighted by atomic mass is 10.2. The van der Waals surface area contributed by atoms with Gasteiger partial charge in [0, 0.05) is 6.20 Å². The van der Waals surface area contributed by atoms with Gasteiger partial charge in [0.1, 0.15) is 11.4 Å². The van der Waals surface area contributed by atoms with Gasteiger partial charge in [-0.3, -0.25) is 5.10 Å². The van der Waals surface area contributed by atoms with Crippen LogP contribution in [0.3, 0.4) is 0 Å². The smallest absolute Gasteiger partial charge is 0.338 e. The van der Waals surface area contributed by atoms with Gasteiger partial charge >= 0.3 is 5.97 Å². The summed E-state index contributed by atoms with van der Waals surface area (Å²) in [7, 11) is 0. The van der Waals surface area contributed by atoms with Crippen LogP contribution in [0.2, 0.25) is 0 Å². The Morgan fingerprint density at radius 2 is 2.31 bits per heavy atom. The summed E-state index contributed by atoms with van der Waals surface area (Å²) in [5, 5.41) is 16.3. The van der Waals surface area contributed by atoms with E-state index in [0.29, 0.717) is 15.7 Å². The van der Waals surface area contributed by atoms with E-state index in [1.54, 1.807) is 19.2 Å². The fourth-order valence-electron chi connectivity index (χ4n) is 1.21. The molecule has 0 aliphatic carbocycles. The minimum Gasteiger partial charge on any atom is -0.478 e. The molecule has 7 heteroatoms. The summed E-state index contributed by atoms with van der Waals surface area (Å²) in [6.07, 6.45) is 2.93. The third-order valence-electron chi connectivity index (χ3n) is 1.92. The molecule has 2 aromatic rings. The van der Waals surface area contributed by atoms with Crippen LogP contribution in [0.25, 0.3) is 0 Å². The number of carbonyl (C=O) groups is 1. The number of H-pyrrole nitrogens is 1. The normalized spacial score (nSPS) is 10.3. The maximum atomic E-state index is 11.1. The standard InChI is InChI=1S/C9H8N4O2S/c1-5-2-3-10-7(6(5)8(14)15)16-9-11-4-12-13-9/h2-4H,1H3,(H,14,15)(H,11,12,13). The van der Waals surface area contributed by atoms with Gasteiger partial charge in [0.2, 0.25) is 0 Å². The zero-order valence-corrected chi connectivity index (χ0v) is 9.15. The second kappa shape index (κ2) is 4.31. The molecule has 0 unspecified atom stereocenters. The van der Waals surface area contributed by atoms with E-state index in [0.717, 1.165) is 11.8 Å². The number of pyridine rings is 1. The van der Waals surface area contributed by atoms with Gasteiger partial charge in [0.05, 0.1) is 5.56 Å². The van der Waals surface area contributed by atoms with Gasteiger partial charge in [-0.1, -0.05) is 0 Å². The third-order valence-corrected chi connectivity index (χ3v) is 2.82. The maximum Gasteiger partial charge on any atom is 0.338 e. The van der Waals surface area contributed by atoms with Crippen LogP contribution in [0.4, 0.5) is 0 Å². The van der Waals surface area contributed by atoms with Gasteiger partial charge < -0.3 is 5.11 Å².